The van der Waals surface area contributed by atoms with Crippen molar-refractivity contribution >= 4 is 11.6 Å². The molecular formula is C16H18ClNO. The number of benzene rings is 2. The smallest absolute Gasteiger partial charge is 0.118 e. The van der Waals surface area contributed by atoms with Crippen LogP contribution in [0.1, 0.15) is 22.7 Å². The molecule has 2 aromatic carbocycles. The van der Waals surface area contributed by atoms with E-state index in [-0.39, 0.29) is 6.04 Å². The number of aryl methyl sites for hydroxylation is 1. The molecular weight excluding hydrogens is 258 g/mol. The third-order valence-corrected chi connectivity index (χ3v) is 3.65. The van der Waals surface area contributed by atoms with E-state index in [4.69, 9.17) is 22.1 Å². The van der Waals surface area contributed by atoms with E-state index in [1.165, 1.54) is 5.56 Å². The van der Waals surface area contributed by atoms with E-state index in [0.717, 1.165) is 28.3 Å². The second-order valence-electron chi connectivity index (χ2n) is 4.67. The summed E-state index contributed by atoms with van der Waals surface area (Å²) < 4.78 is 5.14. The zero-order valence-electron chi connectivity index (χ0n) is 11.2. The van der Waals surface area contributed by atoms with Gasteiger partial charge in [0.05, 0.1) is 7.11 Å². The van der Waals surface area contributed by atoms with Gasteiger partial charge in [-0.1, -0.05) is 35.9 Å². The van der Waals surface area contributed by atoms with Gasteiger partial charge < -0.3 is 10.5 Å². The Hall–Kier alpha value is -1.51. The zero-order valence-corrected chi connectivity index (χ0v) is 11.9. The molecule has 19 heavy (non-hydrogen) atoms. The zero-order chi connectivity index (χ0) is 13.8. The largest absolute Gasteiger partial charge is 0.497 e. The van der Waals surface area contributed by atoms with E-state index in [0.29, 0.717) is 0 Å². The Kier molecular flexibility index (Phi) is 4.46. The van der Waals surface area contributed by atoms with Gasteiger partial charge in [-0.3, -0.25) is 0 Å². The Bertz CT molecular complexity index is 551. The molecule has 2 rings (SSSR count). The summed E-state index contributed by atoms with van der Waals surface area (Å²) in [6.07, 6.45) is 0.797. The molecule has 1 unspecified atom stereocenters. The van der Waals surface area contributed by atoms with Crippen molar-refractivity contribution < 1.29 is 4.74 Å². The standard InChI is InChI=1S/C16H18ClNO/c1-11-9-13(5-8-15(11)17)16(18)10-12-3-6-14(19-2)7-4-12/h3-9,16H,10,18H2,1-2H3. The molecule has 0 aliphatic carbocycles. The minimum Gasteiger partial charge on any atom is -0.497 e. The first-order valence-electron chi connectivity index (χ1n) is 6.24. The van der Waals surface area contributed by atoms with Gasteiger partial charge in [0.2, 0.25) is 0 Å². The molecule has 0 saturated heterocycles. The van der Waals surface area contributed by atoms with Crippen LogP contribution < -0.4 is 10.5 Å². The summed E-state index contributed by atoms with van der Waals surface area (Å²) in [5.41, 5.74) is 9.61. The van der Waals surface area contributed by atoms with Gasteiger partial charge in [-0.2, -0.15) is 0 Å². The molecule has 0 amide bonds. The summed E-state index contributed by atoms with van der Waals surface area (Å²) in [7, 11) is 1.66. The maximum Gasteiger partial charge on any atom is 0.118 e. The lowest BCUT2D eigenvalue weighted by molar-refractivity contribution is 0.414. The Morgan fingerprint density at radius 3 is 2.42 bits per heavy atom. The van der Waals surface area contributed by atoms with Crippen molar-refractivity contribution in [3.63, 3.8) is 0 Å². The van der Waals surface area contributed by atoms with Crippen molar-refractivity contribution in [3.8, 4) is 5.75 Å². The predicted molar refractivity (Wildman–Crippen MR) is 79.8 cm³/mol. The van der Waals surface area contributed by atoms with Gasteiger partial charge in [0.1, 0.15) is 5.75 Å². The summed E-state index contributed by atoms with van der Waals surface area (Å²) in [5.74, 6) is 0.861. The first-order valence-corrected chi connectivity index (χ1v) is 6.62. The summed E-state index contributed by atoms with van der Waals surface area (Å²) in [6, 6.07) is 13.9. The van der Waals surface area contributed by atoms with Crippen molar-refractivity contribution in [1.29, 1.82) is 0 Å². The second-order valence-corrected chi connectivity index (χ2v) is 5.07. The van der Waals surface area contributed by atoms with Crippen LogP contribution in [0.5, 0.6) is 5.75 Å². The molecule has 3 heteroatoms. The third-order valence-electron chi connectivity index (χ3n) is 3.22. The molecule has 0 aliphatic rings. The van der Waals surface area contributed by atoms with Crippen LogP contribution in [0.3, 0.4) is 0 Å². The fourth-order valence-electron chi connectivity index (χ4n) is 2.03. The van der Waals surface area contributed by atoms with Gasteiger partial charge >= 0.3 is 0 Å². The lowest BCUT2D eigenvalue weighted by Crippen LogP contribution is -2.13. The average Bonchev–Trinajstić information content (AvgIpc) is 2.42. The first kappa shape index (κ1) is 13.9. The summed E-state index contributed by atoms with van der Waals surface area (Å²) >= 11 is 6.02. The Labute approximate surface area is 119 Å². The highest BCUT2D eigenvalue weighted by molar-refractivity contribution is 6.31. The van der Waals surface area contributed by atoms with E-state index < -0.39 is 0 Å². The van der Waals surface area contributed by atoms with Gasteiger partial charge in [0, 0.05) is 11.1 Å². The second kappa shape index (κ2) is 6.09. The molecule has 0 aliphatic heterocycles. The van der Waals surface area contributed by atoms with Gasteiger partial charge in [-0.05, 0) is 48.2 Å². The molecule has 100 valence electrons. The normalized spacial score (nSPS) is 12.2. The minimum atomic E-state index is -0.0237. The molecule has 0 bridgehead atoms. The number of halogens is 1. The SMILES string of the molecule is COc1ccc(CC(N)c2ccc(Cl)c(C)c2)cc1. The molecule has 2 N–H and O–H groups in total. The van der Waals surface area contributed by atoms with Crippen LogP contribution in [0.15, 0.2) is 42.5 Å². The highest BCUT2D eigenvalue weighted by atomic mass is 35.5. The van der Waals surface area contributed by atoms with Crippen molar-refractivity contribution in [2.75, 3.05) is 7.11 Å². The molecule has 2 aromatic rings. The highest BCUT2D eigenvalue weighted by Crippen LogP contribution is 2.22. The highest BCUT2D eigenvalue weighted by Gasteiger charge is 2.08. The number of ether oxygens (including phenoxy) is 1. The van der Waals surface area contributed by atoms with E-state index in [1.54, 1.807) is 7.11 Å². The molecule has 0 spiro atoms. The van der Waals surface area contributed by atoms with Crippen LogP contribution in [-0.4, -0.2) is 7.11 Å². The van der Waals surface area contributed by atoms with E-state index in [1.807, 2.05) is 43.3 Å². The topological polar surface area (TPSA) is 35.2 Å². The lowest BCUT2D eigenvalue weighted by Gasteiger charge is -2.13. The molecule has 2 nitrogen and oxygen atoms in total. The maximum atomic E-state index is 6.24. The van der Waals surface area contributed by atoms with Crippen LogP contribution in [0.25, 0.3) is 0 Å². The van der Waals surface area contributed by atoms with Crippen molar-refractivity contribution in [1.82, 2.24) is 0 Å². The molecule has 0 fully saturated rings. The fraction of sp³-hybridized carbons (Fsp3) is 0.250. The number of hydrogen-bond donors (Lipinski definition) is 1. The number of nitrogens with two attached hydrogens (primary N) is 1. The van der Waals surface area contributed by atoms with Crippen molar-refractivity contribution in [2.45, 2.75) is 19.4 Å². The van der Waals surface area contributed by atoms with Gasteiger partial charge in [-0.25, -0.2) is 0 Å². The Balaban J connectivity index is 2.10. The maximum absolute atomic E-state index is 6.24. The van der Waals surface area contributed by atoms with Crippen LogP contribution in [-0.2, 0) is 6.42 Å². The first-order chi connectivity index (χ1) is 9.10. The lowest BCUT2D eigenvalue weighted by atomic mass is 9.98. The van der Waals surface area contributed by atoms with Gasteiger partial charge in [0.15, 0.2) is 0 Å². The van der Waals surface area contributed by atoms with Crippen LogP contribution in [0.2, 0.25) is 5.02 Å². The monoisotopic (exact) mass is 275 g/mol. The fourth-order valence-corrected chi connectivity index (χ4v) is 2.15. The Morgan fingerprint density at radius 2 is 1.84 bits per heavy atom. The van der Waals surface area contributed by atoms with Crippen LogP contribution in [0.4, 0.5) is 0 Å². The summed E-state index contributed by atoms with van der Waals surface area (Å²) in [5, 5.41) is 0.778. The molecule has 0 heterocycles. The number of methoxy groups -OCH3 is 1. The van der Waals surface area contributed by atoms with Gasteiger partial charge in [-0.15, -0.1) is 0 Å². The quantitative estimate of drug-likeness (QED) is 0.918. The predicted octanol–water partition coefficient (Wildman–Crippen LogP) is 3.90. The van der Waals surface area contributed by atoms with E-state index >= 15 is 0 Å². The molecule has 0 aromatic heterocycles. The van der Waals surface area contributed by atoms with E-state index in [9.17, 15) is 0 Å². The molecule has 0 radical (unpaired) electrons. The average molecular weight is 276 g/mol. The third kappa shape index (κ3) is 3.49. The van der Waals surface area contributed by atoms with Crippen LogP contribution >= 0.6 is 11.6 Å². The van der Waals surface area contributed by atoms with E-state index in [2.05, 4.69) is 6.07 Å². The van der Waals surface area contributed by atoms with Gasteiger partial charge in [0.25, 0.3) is 0 Å². The molecule has 0 saturated carbocycles. The summed E-state index contributed by atoms with van der Waals surface area (Å²) in [6.45, 7) is 1.99. The number of hydrogen-bond acceptors (Lipinski definition) is 2. The minimum absolute atomic E-state index is 0.0237. The number of rotatable bonds is 4. The summed E-state index contributed by atoms with van der Waals surface area (Å²) in [4.78, 5) is 0. The van der Waals surface area contributed by atoms with Crippen LogP contribution in [0, 0.1) is 6.92 Å². The van der Waals surface area contributed by atoms with Crippen molar-refractivity contribution in [2.24, 2.45) is 5.73 Å². The molecule has 1 atom stereocenters. The van der Waals surface area contributed by atoms with Crippen molar-refractivity contribution in [3.05, 3.63) is 64.2 Å². The Morgan fingerprint density at radius 1 is 1.16 bits per heavy atom.